The van der Waals surface area contributed by atoms with E-state index in [9.17, 15) is 18.8 Å². The standard InChI is InChI=1S/C23H26FN3O5/c1-15(32-19-5-2-4-17(24)14-19)21(28)27-18-9-7-16(8-10-18)22(29)25-11-12-26-23(30)20-6-3-13-31-20/h2,4-5,7-10,14-15,20H,3,6,11-13H2,1H3,(H,25,29)(H,26,30)(H,27,28). The lowest BCUT2D eigenvalue weighted by atomic mass is 10.2. The van der Waals surface area contributed by atoms with Gasteiger partial charge >= 0.3 is 0 Å². The highest BCUT2D eigenvalue weighted by molar-refractivity contribution is 5.96. The van der Waals surface area contributed by atoms with Crippen molar-refractivity contribution in [1.29, 1.82) is 0 Å². The zero-order valence-corrected chi connectivity index (χ0v) is 17.7. The second-order valence-corrected chi connectivity index (χ2v) is 7.33. The Labute approximate surface area is 185 Å². The van der Waals surface area contributed by atoms with Crippen LogP contribution < -0.4 is 20.7 Å². The number of halogens is 1. The Morgan fingerprint density at radius 2 is 1.88 bits per heavy atom. The normalized spacial score (nSPS) is 16.1. The molecule has 2 aromatic rings. The third-order valence-electron chi connectivity index (χ3n) is 4.82. The lowest BCUT2D eigenvalue weighted by Gasteiger charge is -2.15. The molecule has 0 aliphatic carbocycles. The highest BCUT2D eigenvalue weighted by Gasteiger charge is 2.22. The molecule has 0 bridgehead atoms. The van der Waals surface area contributed by atoms with E-state index in [1.165, 1.54) is 18.2 Å². The third kappa shape index (κ3) is 6.78. The van der Waals surface area contributed by atoms with E-state index in [-0.39, 0.29) is 24.1 Å². The van der Waals surface area contributed by atoms with Crippen LogP contribution in [0.2, 0.25) is 0 Å². The maximum Gasteiger partial charge on any atom is 0.265 e. The van der Waals surface area contributed by atoms with Crippen molar-refractivity contribution in [2.75, 3.05) is 25.0 Å². The van der Waals surface area contributed by atoms with Crippen molar-refractivity contribution in [3.8, 4) is 5.75 Å². The number of ether oxygens (including phenoxy) is 2. The smallest absolute Gasteiger partial charge is 0.265 e. The van der Waals surface area contributed by atoms with E-state index < -0.39 is 23.9 Å². The largest absolute Gasteiger partial charge is 0.481 e. The topological polar surface area (TPSA) is 106 Å². The van der Waals surface area contributed by atoms with Gasteiger partial charge in [-0.2, -0.15) is 0 Å². The quantitative estimate of drug-likeness (QED) is 0.516. The Balaban J connectivity index is 1.41. The first-order valence-electron chi connectivity index (χ1n) is 10.4. The second kappa shape index (κ2) is 11.2. The average Bonchev–Trinajstić information content (AvgIpc) is 3.32. The van der Waals surface area contributed by atoms with Gasteiger partial charge < -0.3 is 25.4 Å². The number of hydrogen-bond donors (Lipinski definition) is 3. The monoisotopic (exact) mass is 443 g/mol. The van der Waals surface area contributed by atoms with Gasteiger partial charge in [0.25, 0.3) is 11.8 Å². The van der Waals surface area contributed by atoms with Gasteiger partial charge in [-0.15, -0.1) is 0 Å². The van der Waals surface area contributed by atoms with Crippen LogP contribution in [0.5, 0.6) is 5.75 Å². The Bertz CT molecular complexity index is 945. The van der Waals surface area contributed by atoms with Crippen molar-refractivity contribution in [2.24, 2.45) is 0 Å². The van der Waals surface area contributed by atoms with Gasteiger partial charge in [0.2, 0.25) is 5.91 Å². The number of anilines is 1. The molecule has 32 heavy (non-hydrogen) atoms. The molecule has 2 aromatic carbocycles. The van der Waals surface area contributed by atoms with Gasteiger partial charge in [0.15, 0.2) is 6.10 Å². The van der Waals surface area contributed by atoms with Crippen LogP contribution in [0, 0.1) is 5.82 Å². The average molecular weight is 443 g/mol. The summed E-state index contributed by atoms with van der Waals surface area (Å²) < 4.78 is 24.0. The molecular weight excluding hydrogens is 417 g/mol. The summed E-state index contributed by atoms with van der Waals surface area (Å²) in [5, 5.41) is 8.14. The number of carbonyl (C=O) groups is 3. The van der Waals surface area contributed by atoms with E-state index in [1.807, 2.05) is 0 Å². The molecule has 170 valence electrons. The van der Waals surface area contributed by atoms with Crippen molar-refractivity contribution < 1.29 is 28.2 Å². The van der Waals surface area contributed by atoms with E-state index in [0.29, 0.717) is 24.4 Å². The van der Waals surface area contributed by atoms with Gasteiger partial charge in [0.1, 0.15) is 17.7 Å². The van der Waals surface area contributed by atoms with Gasteiger partial charge in [-0.25, -0.2) is 4.39 Å². The number of amides is 3. The summed E-state index contributed by atoms with van der Waals surface area (Å²) in [6.07, 6.45) is 0.362. The first kappa shape index (κ1) is 23.2. The predicted molar refractivity (Wildman–Crippen MR) is 116 cm³/mol. The maximum absolute atomic E-state index is 13.2. The number of carbonyl (C=O) groups excluding carboxylic acids is 3. The van der Waals surface area contributed by atoms with Gasteiger partial charge in [-0.05, 0) is 56.2 Å². The summed E-state index contributed by atoms with van der Waals surface area (Å²) in [7, 11) is 0. The van der Waals surface area contributed by atoms with E-state index in [1.54, 1.807) is 37.3 Å². The molecular formula is C23H26FN3O5. The van der Waals surface area contributed by atoms with Crippen LogP contribution >= 0.6 is 0 Å². The fourth-order valence-electron chi connectivity index (χ4n) is 3.11. The summed E-state index contributed by atoms with van der Waals surface area (Å²) in [5.74, 6) is -1.06. The Morgan fingerprint density at radius 3 is 2.56 bits per heavy atom. The van der Waals surface area contributed by atoms with Crippen LogP contribution in [0.3, 0.4) is 0 Å². The molecule has 1 aliphatic rings. The molecule has 1 aliphatic heterocycles. The molecule has 1 saturated heterocycles. The van der Waals surface area contributed by atoms with Crippen LogP contribution in [0.25, 0.3) is 0 Å². The van der Waals surface area contributed by atoms with Crippen LogP contribution in [0.15, 0.2) is 48.5 Å². The predicted octanol–water partition coefficient (Wildman–Crippen LogP) is 2.26. The first-order chi connectivity index (χ1) is 15.4. The molecule has 2 atom stereocenters. The summed E-state index contributed by atoms with van der Waals surface area (Å²) in [5.41, 5.74) is 0.905. The lowest BCUT2D eigenvalue weighted by Crippen LogP contribution is -2.39. The molecule has 0 saturated carbocycles. The molecule has 9 heteroatoms. The Kier molecular flexibility index (Phi) is 8.15. The highest BCUT2D eigenvalue weighted by Crippen LogP contribution is 2.15. The zero-order chi connectivity index (χ0) is 22.9. The van der Waals surface area contributed by atoms with Gasteiger partial charge in [-0.1, -0.05) is 6.07 Å². The molecule has 3 amide bonds. The van der Waals surface area contributed by atoms with Crippen LogP contribution in [0.1, 0.15) is 30.1 Å². The summed E-state index contributed by atoms with van der Waals surface area (Å²) in [6.45, 7) is 2.75. The van der Waals surface area contributed by atoms with Crippen molar-refractivity contribution >= 4 is 23.4 Å². The SMILES string of the molecule is CC(Oc1cccc(F)c1)C(=O)Nc1ccc(C(=O)NCCNC(=O)C2CCCO2)cc1. The highest BCUT2D eigenvalue weighted by atomic mass is 19.1. The molecule has 1 fully saturated rings. The fourth-order valence-corrected chi connectivity index (χ4v) is 3.11. The van der Waals surface area contributed by atoms with Crippen molar-refractivity contribution in [1.82, 2.24) is 10.6 Å². The molecule has 0 radical (unpaired) electrons. The molecule has 0 aromatic heterocycles. The van der Waals surface area contributed by atoms with Crippen LogP contribution in [-0.4, -0.2) is 49.6 Å². The first-order valence-corrected chi connectivity index (χ1v) is 10.4. The molecule has 3 N–H and O–H groups in total. The Hall–Kier alpha value is -3.46. The number of rotatable bonds is 9. The lowest BCUT2D eigenvalue weighted by molar-refractivity contribution is -0.130. The van der Waals surface area contributed by atoms with Crippen LogP contribution in [-0.2, 0) is 14.3 Å². The van der Waals surface area contributed by atoms with Crippen molar-refractivity contribution in [3.05, 3.63) is 59.9 Å². The number of nitrogens with one attached hydrogen (secondary N) is 3. The summed E-state index contributed by atoms with van der Waals surface area (Å²) in [6, 6.07) is 11.9. The molecule has 8 nitrogen and oxygen atoms in total. The minimum atomic E-state index is -0.843. The zero-order valence-electron chi connectivity index (χ0n) is 17.7. The van der Waals surface area contributed by atoms with Crippen molar-refractivity contribution in [3.63, 3.8) is 0 Å². The van der Waals surface area contributed by atoms with E-state index >= 15 is 0 Å². The van der Waals surface area contributed by atoms with E-state index in [4.69, 9.17) is 9.47 Å². The van der Waals surface area contributed by atoms with Gasteiger partial charge in [-0.3, -0.25) is 14.4 Å². The van der Waals surface area contributed by atoms with Gasteiger partial charge in [0, 0.05) is 37.0 Å². The van der Waals surface area contributed by atoms with E-state index in [0.717, 1.165) is 12.8 Å². The van der Waals surface area contributed by atoms with E-state index in [2.05, 4.69) is 16.0 Å². The van der Waals surface area contributed by atoms with Crippen molar-refractivity contribution in [2.45, 2.75) is 32.0 Å². The van der Waals surface area contributed by atoms with Crippen LogP contribution in [0.4, 0.5) is 10.1 Å². The third-order valence-corrected chi connectivity index (χ3v) is 4.82. The molecule has 3 rings (SSSR count). The number of benzene rings is 2. The second-order valence-electron chi connectivity index (χ2n) is 7.33. The molecule has 1 heterocycles. The maximum atomic E-state index is 13.2. The Morgan fingerprint density at radius 1 is 1.12 bits per heavy atom. The molecule has 2 unspecified atom stereocenters. The van der Waals surface area contributed by atoms with Gasteiger partial charge in [0.05, 0.1) is 0 Å². The minimum Gasteiger partial charge on any atom is -0.481 e. The minimum absolute atomic E-state index is 0.160. The molecule has 0 spiro atoms. The number of hydrogen-bond acceptors (Lipinski definition) is 5. The summed E-state index contributed by atoms with van der Waals surface area (Å²) >= 11 is 0. The summed E-state index contributed by atoms with van der Waals surface area (Å²) in [4.78, 5) is 36.4. The fraction of sp³-hybridized carbons (Fsp3) is 0.348.